The molecule has 0 amide bonds. The van der Waals surface area contributed by atoms with E-state index in [9.17, 15) is 10.2 Å². The van der Waals surface area contributed by atoms with Crippen LogP contribution in [0.5, 0.6) is 5.75 Å². The SMILES string of the molecule is Cc1nc(I)c(CO)c(CO)c1OCc1ccccc1. The number of hydrogen-bond donors (Lipinski definition) is 2. The molecule has 4 nitrogen and oxygen atoms in total. The van der Waals surface area contributed by atoms with Gasteiger partial charge in [0.2, 0.25) is 0 Å². The molecule has 20 heavy (non-hydrogen) atoms. The highest BCUT2D eigenvalue weighted by Gasteiger charge is 2.16. The summed E-state index contributed by atoms with van der Waals surface area (Å²) in [6, 6.07) is 9.79. The summed E-state index contributed by atoms with van der Waals surface area (Å²) in [7, 11) is 0. The average molecular weight is 385 g/mol. The number of aryl methyl sites for hydroxylation is 1. The Balaban J connectivity index is 2.31. The van der Waals surface area contributed by atoms with Crippen LogP contribution in [0.1, 0.15) is 22.4 Å². The van der Waals surface area contributed by atoms with Gasteiger partial charge < -0.3 is 14.9 Å². The van der Waals surface area contributed by atoms with Crippen molar-refractivity contribution in [3.8, 4) is 5.75 Å². The number of aromatic nitrogens is 1. The Morgan fingerprint density at radius 2 is 1.75 bits per heavy atom. The van der Waals surface area contributed by atoms with E-state index in [1.54, 1.807) is 0 Å². The number of ether oxygens (including phenoxy) is 1. The highest BCUT2D eigenvalue weighted by atomic mass is 127. The highest BCUT2D eigenvalue weighted by Crippen LogP contribution is 2.29. The van der Waals surface area contributed by atoms with Gasteiger partial charge in [-0.05, 0) is 35.1 Å². The van der Waals surface area contributed by atoms with Gasteiger partial charge in [0.1, 0.15) is 16.1 Å². The van der Waals surface area contributed by atoms with E-state index in [1.165, 1.54) is 0 Å². The first kappa shape index (κ1) is 15.2. The summed E-state index contributed by atoms with van der Waals surface area (Å²) >= 11 is 2.05. The molecule has 2 rings (SSSR count). The van der Waals surface area contributed by atoms with Crippen molar-refractivity contribution < 1.29 is 14.9 Å². The third kappa shape index (κ3) is 3.28. The summed E-state index contributed by atoms with van der Waals surface area (Å²) < 4.78 is 6.50. The smallest absolute Gasteiger partial charge is 0.146 e. The third-order valence-corrected chi connectivity index (χ3v) is 3.92. The Bertz CT molecular complexity index is 587. The van der Waals surface area contributed by atoms with Crippen molar-refractivity contribution in [3.05, 3.63) is 56.4 Å². The largest absolute Gasteiger partial charge is 0.487 e. The predicted octanol–water partition coefficient (Wildman–Crippen LogP) is 2.56. The van der Waals surface area contributed by atoms with Crippen molar-refractivity contribution in [3.63, 3.8) is 0 Å². The van der Waals surface area contributed by atoms with Crippen molar-refractivity contribution in [2.24, 2.45) is 0 Å². The van der Waals surface area contributed by atoms with Gasteiger partial charge in [-0.1, -0.05) is 30.3 Å². The summed E-state index contributed by atoms with van der Waals surface area (Å²) in [5.74, 6) is 0.556. The second-order valence-corrected chi connectivity index (χ2v) is 5.39. The van der Waals surface area contributed by atoms with E-state index in [-0.39, 0.29) is 13.2 Å². The second kappa shape index (κ2) is 7.01. The zero-order valence-electron chi connectivity index (χ0n) is 11.1. The Kier molecular flexibility index (Phi) is 5.33. The minimum Gasteiger partial charge on any atom is -0.487 e. The zero-order chi connectivity index (χ0) is 14.5. The van der Waals surface area contributed by atoms with Crippen molar-refractivity contribution in [1.29, 1.82) is 0 Å². The molecular weight excluding hydrogens is 369 g/mol. The van der Waals surface area contributed by atoms with E-state index in [0.717, 1.165) is 5.56 Å². The maximum absolute atomic E-state index is 9.55. The molecule has 2 N–H and O–H groups in total. The Labute approximate surface area is 131 Å². The lowest BCUT2D eigenvalue weighted by atomic mass is 10.1. The molecule has 1 aromatic heterocycles. The van der Waals surface area contributed by atoms with Crippen LogP contribution in [-0.4, -0.2) is 15.2 Å². The van der Waals surface area contributed by atoms with Gasteiger partial charge >= 0.3 is 0 Å². The molecule has 0 aliphatic rings. The molecule has 0 aliphatic heterocycles. The van der Waals surface area contributed by atoms with Gasteiger partial charge in [0.25, 0.3) is 0 Å². The third-order valence-electron chi connectivity index (χ3n) is 3.02. The molecule has 5 heteroatoms. The number of hydrogen-bond acceptors (Lipinski definition) is 4. The molecule has 0 unspecified atom stereocenters. The lowest BCUT2D eigenvalue weighted by molar-refractivity contribution is 0.241. The van der Waals surface area contributed by atoms with Gasteiger partial charge in [-0.15, -0.1) is 0 Å². The number of nitrogens with zero attached hydrogens (tertiary/aromatic N) is 1. The summed E-state index contributed by atoms with van der Waals surface area (Å²) in [6.45, 7) is 1.90. The molecule has 0 spiro atoms. The van der Waals surface area contributed by atoms with Gasteiger partial charge in [-0.25, -0.2) is 4.98 Å². The van der Waals surface area contributed by atoms with Crippen LogP contribution < -0.4 is 4.74 Å². The van der Waals surface area contributed by atoms with Gasteiger partial charge in [-0.3, -0.25) is 0 Å². The molecule has 0 saturated heterocycles. The summed E-state index contributed by atoms with van der Waals surface area (Å²) in [6.07, 6.45) is 0. The standard InChI is InChI=1S/C15H16INO3/c1-10-14(20-9-11-5-3-2-4-6-11)12(7-18)13(8-19)15(16)17-10/h2-6,18-19H,7-9H2,1H3. The van der Waals surface area contributed by atoms with Crippen LogP contribution in [0.4, 0.5) is 0 Å². The summed E-state index contributed by atoms with van der Waals surface area (Å²) in [4.78, 5) is 4.36. The lowest BCUT2D eigenvalue weighted by Gasteiger charge is -2.16. The number of aliphatic hydroxyl groups is 2. The van der Waals surface area contributed by atoms with E-state index in [1.807, 2.05) is 37.3 Å². The quantitative estimate of drug-likeness (QED) is 0.614. The topological polar surface area (TPSA) is 62.6 Å². The van der Waals surface area contributed by atoms with Crippen molar-refractivity contribution in [2.45, 2.75) is 26.7 Å². The Morgan fingerprint density at radius 1 is 1.10 bits per heavy atom. The van der Waals surface area contributed by atoms with Crippen LogP contribution >= 0.6 is 22.6 Å². The summed E-state index contributed by atoms with van der Waals surface area (Å²) in [5.41, 5.74) is 2.99. The number of aliphatic hydroxyl groups excluding tert-OH is 2. The molecule has 1 aromatic carbocycles. The maximum atomic E-state index is 9.55. The molecular formula is C15H16INO3. The zero-order valence-corrected chi connectivity index (χ0v) is 13.3. The minimum absolute atomic E-state index is 0.164. The monoisotopic (exact) mass is 385 g/mol. The van der Waals surface area contributed by atoms with Crippen molar-refractivity contribution in [1.82, 2.24) is 4.98 Å². The Hall–Kier alpha value is -1.18. The van der Waals surface area contributed by atoms with Crippen molar-refractivity contribution in [2.75, 3.05) is 0 Å². The number of benzene rings is 1. The van der Waals surface area contributed by atoms with Crippen LogP contribution in [0.3, 0.4) is 0 Å². The number of pyridine rings is 1. The first-order valence-electron chi connectivity index (χ1n) is 6.23. The van der Waals surface area contributed by atoms with E-state index in [4.69, 9.17) is 4.74 Å². The molecule has 106 valence electrons. The maximum Gasteiger partial charge on any atom is 0.146 e. The van der Waals surface area contributed by atoms with Crippen LogP contribution in [0, 0.1) is 10.6 Å². The van der Waals surface area contributed by atoms with Gasteiger partial charge in [-0.2, -0.15) is 0 Å². The van der Waals surface area contributed by atoms with E-state index in [2.05, 4.69) is 27.6 Å². The van der Waals surface area contributed by atoms with Crippen LogP contribution in [0.2, 0.25) is 0 Å². The van der Waals surface area contributed by atoms with E-state index >= 15 is 0 Å². The molecule has 0 aliphatic carbocycles. The second-order valence-electron chi connectivity index (χ2n) is 4.36. The first-order valence-corrected chi connectivity index (χ1v) is 7.31. The van der Waals surface area contributed by atoms with Crippen molar-refractivity contribution >= 4 is 22.6 Å². The Morgan fingerprint density at radius 3 is 2.35 bits per heavy atom. The molecule has 0 atom stereocenters. The van der Waals surface area contributed by atoms with Crippen LogP contribution in [-0.2, 0) is 19.8 Å². The minimum atomic E-state index is -0.181. The molecule has 0 saturated carbocycles. The lowest BCUT2D eigenvalue weighted by Crippen LogP contribution is -2.08. The predicted molar refractivity (Wildman–Crippen MR) is 84.3 cm³/mol. The fraction of sp³-hybridized carbons (Fsp3) is 0.267. The fourth-order valence-corrected chi connectivity index (χ4v) is 2.85. The van der Waals surface area contributed by atoms with E-state index < -0.39 is 0 Å². The highest BCUT2D eigenvalue weighted by molar-refractivity contribution is 14.1. The number of rotatable bonds is 5. The van der Waals surface area contributed by atoms with Gasteiger partial charge in [0.05, 0.1) is 18.9 Å². The average Bonchev–Trinajstić information content (AvgIpc) is 2.46. The van der Waals surface area contributed by atoms with Crippen LogP contribution in [0.15, 0.2) is 30.3 Å². The number of halogens is 1. The van der Waals surface area contributed by atoms with Gasteiger partial charge in [0.15, 0.2) is 0 Å². The molecule has 0 fully saturated rings. The molecule has 0 radical (unpaired) electrons. The molecule has 2 aromatic rings. The summed E-state index contributed by atoms with van der Waals surface area (Å²) in [5, 5.41) is 19.0. The first-order chi connectivity index (χ1) is 9.67. The fourth-order valence-electron chi connectivity index (χ4n) is 1.99. The van der Waals surface area contributed by atoms with Gasteiger partial charge in [0, 0.05) is 11.1 Å². The van der Waals surface area contributed by atoms with E-state index in [0.29, 0.717) is 32.9 Å². The van der Waals surface area contributed by atoms with Crippen LogP contribution in [0.25, 0.3) is 0 Å². The molecule has 0 bridgehead atoms. The normalized spacial score (nSPS) is 10.6. The molecule has 1 heterocycles.